The molecule has 0 saturated carbocycles. The molecule has 7 heteroatoms. The quantitative estimate of drug-likeness (QED) is 0.696. The number of nitrogens with one attached hydrogen (secondary N) is 2. The van der Waals surface area contributed by atoms with Gasteiger partial charge in [0.25, 0.3) is 11.8 Å². The summed E-state index contributed by atoms with van der Waals surface area (Å²) in [6.07, 6.45) is 1.50. The molecular weight excluding hydrogens is 368 g/mol. The van der Waals surface area contributed by atoms with Crippen LogP contribution in [0.4, 0.5) is 5.69 Å². The third kappa shape index (κ3) is 5.20. The Bertz CT molecular complexity index is 869. The molecule has 29 heavy (non-hydrogen) atoms. The number of carbonyl (C=O) groups is 3. The van der Waals surface area contributed by atoms with Gasteiger partial charge in [0.15, 0.2) is 0 Å². The Morgan fingerprint density at radius 2 is 1.76 bits per heavy atom. The van der Waals surface area contributed by atoms with E-state index in [1.54, 1.807) is 53.4 Å². The Morgan fingerprint density at radius 1 is 1.03 bits per heavy atom. The van der Waals surface area contributed by atoms with Crippen molar-refractivity contribution in [3.05, 3.63) is 65.7 Å². The summed E-state index contributed by atoms with van der Waals surface area (Å²) >= 11 is 0. The second-order valence-electron chi connectivity index (χ2n) is 7.04. The average molecular weight is 394 g/mol. The first-order valence-corrected chi connectivity index (χ1v) is 9.82. The zero-order valence-corrected chi connectivity index (χ0v) is 16.3. The van der Waals surface area contributed by atoms with Crippen molar-refractivity contribution in [2.24, 2.45) is 11.7 Å². The minimum Gasteiger partial charge on any atom is -0.355 e. The molecule has 1 unspecified atom stereocenters. The summed E-state index contributed by atoms with van der Waals surface area (Å²) in [4.78, 5) is 39.6. The predicted octanol–water partition coefficient (Wildman–Crippen LogP) is 1.87. The van der Waals surface area contributed by atoms with Crippen molar-refractivity contribution in [3.63, 3.8) is 0 Å². The number of amides is 3. The number of hydrogen-bond acceptors (Lipinski definition) is 4. The summed E-state index contributed by atoms with van der Waals surface area (Å²) in [5.41, 5.74) is 6.84. The fourth-order valence-corrected chi connectivity index (χ4v) is 3.45. The van der Waals surface area contributed by atoms with E-state index in [1.807, 2.05) is 6.07 Å². The highest BCUT2D eigenvalue weighted by Crippen LogP contribution is 2.23. The van der Waals surface area contributed by atoms with Gasteiger partial charge in [-0.1, -0.05) is 30.3 Å². The Balaban J connectivity index is 1.72. The van der Waals surface area contributed by atoms with Crippen LogP contribution < -0.4 is 16.4 Å². The maximum Gasteiger partial charge on any atom is 0.255 e. The molecule has 0 aromatic heterocycles. The lowest BCUT2D eigenvalue weighted by Crippen LogP contribution is -2.46. The van der Waals surface area contributed by atoms with Gasteiger partial charge in [0.05, 0.1) is 17.2 Å². The molecule has 1 aliphatic rings. The van der Waals surface area contributed by atoms with E-state index in [0.29, 0.717) is 43.0 Å². The van der Waals surface area contributed by atoms with E-state index in [9.17, 15) is 14.4 Å². The Labute approximate surface area is 170 Å². The minimum absolute atomic E-state index is 0.0707. The van der Waals surface area contributed by atoms with Gasteiger partial charge in [-0.25, -0.2) is 0 Å². The molecule has 4 N–H and O–H groups in total. The fourth-order valence-electron chi connectivity index (χ4n) is 3.45. The maximum absolute atomic E-state index is 13.1. The van der Waals surface area contributed by atoms with E-state index in [4.69, 9.17) is 5.73 Å². The van der Waals surface area contributed by atoms with Crippen molar-refractivity contribution >= 4 is 23.4 Å². The van der Waals surface area contributed by atoms with Crippen molar-refractivity contribution in [3.8, 4) is 0 Å². The average Bonchev–Trinajstić information content (AvgIpc) is 2.78. The molecule has 3 rings (SSSR count). The first-order chi connectivity index (χ1) is 14.1. The first-order valence-electron chi connectivity index (χ1n) is 9.82. The lowest BCUT2D eigenvalue weighted by molar-refractivity contribution is -0.126. The van der Waals surface area contributed by atoms with Crippen LogP contribution in [0.15, 0.2) is 54.6 Å². The molecule has 1 atom stereocenters. The van der Waals surface area contributed by atoms with Crippen molar-refractivity contribution in [2.45, 2.75) is 12.8 Å². The molecule has 3 amide bonds. The van der Waals surface area contributed by atoms with Gasteiger partial charge in [0.1, 0.15) is 0 Å². The van der Waals surface area contributed by atoms with Gasteiger partial charge in [-0.05, 0) is 37.1 Å². The zero-order chi connectivity index (χ0) is 20.6. The Morgan fingerprint density at radius 3 is 2.52 bits per heavy atom. The molecule has 0 aliphatic carbocycles. The fraction of sp³-hybridized carbons (Fsp3) is 0.318. The summed E-state index contributed by atoms with van der Waals surface area (Å²) < 4.78 is 0. The van der Waals surface area contributed by atoms with Gasteiger partial charge < -0.3 is 21.3 Å². The SMILES string of the molecule is NCCNC(=O)C1CCCN(C(=O)c2ccccc2NC(=O)c2ccccc2)C1. The second-order valence-corrected chi connectivity index (χ2v) is 7.04. The van der Waals surface area contributed by atoms with E-state index in [0.717, 1.165) is 12.8 Å². The van der Waals surface area contributed by atoms with Crippen LogP contribution in [0.3, 0.4) is 0 Å². The lowest BCUT2D eigenvalue weighted by Gasteiger charge is -2.32. The standard InChI is InChI=1S/C22H26N4O3/c23-12-13-24-20(27)17-9-6-14-26(15-17)22(29)18-10-4-5-11-19(18)25-21(28)16-7-2-1-3-8-16/h1-5,7-8,10-11,17H,6,9,12-15,23H2,(H,24,27)(H,25,28). The first kappa shape index (κ1) is 20.5. The lowest BCUT2D eigenvalue weighted by atomic mass is 9.96. The molecule has 1 aliphatic heterocycles. The number of nitrogens with zero attached hydrogens (tertiary/aromatic N) is 1. The number of piperidine rings is 1. The number of para-hydroxylation sites is 1. The van der Waals surface area contributed by atoms with Crippen LogP contribution in [-0.2, 0) is 4.79 Å². The summed E-state index contributed by atoms with van der Waals surface area (Å²) in [6.45, 7) is 1.75. The molecule has 1 heterocycles. The summed E-state index contributed by atoms with van der Waals surface area (Å²) in [5.74, 6) is -0.780. The number of carbonyl (C=O) groups excluding carboxylic acids is 3. The molecule has 0 spiro atoms. The largest absolute Gasteiger partial charge is 0.355 e. The third-order valence-corrected chi connectivity index (χ3v) is 4.96. The van der Waals surface area contributed by atoms with Gasteiger partial charge in [-0.15, -0.1) is 0 Å². The number of nitrogens with two attached hydrogens (primary N) is 1. The van der Waals surface area contributed by atoms with E-state index in [2.05, 4.69) is 10.6 Å². The number of hydrogen-bond donors (Lipinski definition) is 3. The number of benzene rings is 2. The highest BCUT2D eigenvalue weighted by molar-refractivity contribution is 6.09. The molecule has 1 saturated heterocycles. The van der Waals surface area contributed by atoms with Gasteiger partial charge in [-0.2, -0.15) is 0 Å². The second kappa shape index (κ2) is 9.84. The topological polar surface area (TPSA) is 105 Å². The molecule has 152 valence electrons. The predicted molar refractivity (Wildman–Crippen MR) is 112 cm³/mol. The molecule has 0 bridgehead atoms. The highest BCUT2D eigenvalue weighted by Gasteiger charge is 2.29. The maximum atomic E-state index is 13.1. The third-order valence-electron chi connectivity index (χ3n) is 4.96. The molecule has 2 aromatic rings. The smallest absolute Gasteiger partial charge is 0.255 e. The highest BCUT2D eigenvalue weighted by atomic mass is 16.2. The van der Waals surface area contributed by atoms with Crippen LogP contribution in [0.25, 0.3) is 0 Å². The van der Waals surface area contributed by atoms with Crippen LogP contribution in [0.5, 0.6) is 0 Å². The summed E-state index contributed by atoms with van der Waals surface area (Å²) in [6, 6.07) is 15.8. The van der Waals surface area contributed by atoms with Crippen molar-refractivity contribution in [1.29, 1.82) is 0 Å². The van der Waals surface area contributed by atoms with E-state index < -0.39 is 0 Å². The van der Waals surface area contributed by atoms with Gasteiger partial charge >= 0.3 is 0 Å². The van der Waals surface area contributed by atoms with E-state index in [-0.39, 0.29) is 23.6 Å². The molecule has 0 radical (unpaired) electrons. The monoisotopic (exact) mass is 394 g/mol. The normalized spacial score (nSPS) is 16.2. The van der Waals surface area contributed by atoms with Crippen molar-refractivity contribution in [1.82, 2.24) is 10.2 Å². The Kier molecular flexibility index (Phi) is 6.97. The van der Waals surface area contributed by atoms with Crippen LogP contribution >= 0.6 is 0 Å². The van der Waals surface area contributed by atoms with E-state index >= 15 is 0 Å². The van der Waals surface area contributed by atoms with Crippen LogP contribution in [0.1, 0.15) is 33.6 Å². The zero-order valence-electron chi connectivity index (χ0n) is 16.3. The van der Waals surface area contributed by atoms with Gasteiger partial charge in [0.2, 0.25) is 5.91 Å². The molecule has 1 fully saturated rings. The van der Waals surface area contributed by atoms with Crippen LogP contribution in [-0.4, -0.2) is 48.8 Å². The molecular formula is C22H26N4O3. The summed E-state index contributed by atoms with van der Waals surface area (Å²) in [7, 11) is 0. The molecule has 2 aromatic carbocycles. The van der Waals surface area contributed by atoms with Crippen LogP contribution in [0.2, 0.25) is 0 Å². The van der Waals surface area contributed by atoms with Crippen molar-refractivity contribution < 1.29 is 14.4 Å². The molecule has 7 nitrogen and oxygen atoms in total. The van der Waals surface area contributed by atoms with Gasteiger partial charge in [-0.3, -0.25) is 14.4 Å². The van der Waals surface area contributed by atoms with Gasteiger partial charge in [0, 0.05) is 31.7 Å². The van der Waals surface area contributed by atoms with E-state index in [1.165, 1.54) is 0 Å². The number of anilines is 1. The van der Waals surface area contributed by atoms with Crippen molar-refractivity contribution in [2.75, 3.05) is 31.5 Å². The number of rotatable bonds is 6. The Hall–Kier alpha value is -3.19. The van der Waals surface area contributed by atoms with Crippen LogP contribution in [0, 0.1) is 5.92 Å². The minimum atomic E-state index is -0.275. The number of likely N-dealkylation sites (tertiary alicyclic amines) is 1. The summed E-state index contributed by atoms with van der Waals surface area (Å²) in [5, 5.41) is 5.63.